The van der Waals surface area contributed by atoms with Crippen LogP contribution in [0, 0.1) is 12.5 Å². The Morgan fingerprint density at radius 2 is 1.84 bits per heavy atom. The molecular weight excluding hydrogens is 398 g/mol. The molecule has 0 amide bonds. The molecule has 2 aliphatic rings. The van der Waals surface area contributed by atoms with Gasteiger partial charge in [-0.1, -0.05) is 68.5 Å². The zero-order valence-electron chi connectivity index (χ0n) is 18.6. The van der Waals surface area contributed by atoms with Crippen molar-refractivity contribution >= 4 is 5.69 Å². The van der Waals surface area contributed by atoms with E-state index in [1.165, 1.54) is 32.1 Å². The lowest BCUT2D eigenvalue weighted by Gasteiger charge is -2.30. The minimum Gasteiger partial charge on any atom is -0.494 e. The molecule has 0 saturated heterocycles. The number of ether oxygens (including phenoxy) is 1. The van der Waals surface area contributed by atoms with Crippen molar-refractivity contribution < 1.29 is 9.84 Å². The van der Waals surface area contributed by atoms with Crippen LogP contribution in [0.3, 0.4) is 0 Å². The number of fused-ring (bicyclic) bond motifs is 1. The highest BCUT2D eigenvalue weighted by Gasteiger charge is 2.41. The second kappa shape index (κ2) is 8.44. The maximum atomic E-state index is 11.6. The normalized spacial score (nSPS) is 20.7. The second-order valence-electron chi connectivity index (χ2n) is 9.30. The smallest absolute Gasteiger partial charge is 0.187 e. The third kappa shape index (κ3) is 3.80. The molecule has 3 aromatic rings. The van der Waals surface area contributed by atoms with E-state index < -0.39 is 5.60 Å². The van der Waals surface area contributed by atoms with Crippen LogP contribution in [-0.4, -0.2) is 27.6 Å². The highest BCUT2D eigenvalue weighted by molar-refractivity contribution is 5.71. The maximum Gasteiger partial charge on any atom is 0.187 e. The van der Waals surface area contributed by atoms with Crippen molar-refractivity contribution in [1.29, 1.82) is 0 Å². The van der Waals surface area contributed by atoms with Gasteiger partial charge in [-0.15, -0.1) is 0 Å². The van der Waals surface area contributed by atoms with Crippen LogP contribution in [0.5, 0.6) is 5.75 Å². The molecule has 5 rings (SSSR count). The Hall–Kier alpha value is -3.10. The molecule has 5 heteroatoms. The first-order valence-corrected chi connectivity index (χ1v) is 11.5. The number of para-hydroxylation sites is 2. The Morgan fingerprint density at radius 3 is 2.56 bits per heavy atom. The standard InChI is InChI=1S/C27H29N3O2/c1-28-21-14-12-20(13-15-21)26-22-17-27(31,16-19-8-4-3-5-9-19)18-23(22)29-30(26)24-10-6-7-11-25(24)32-2/h6-7,10-15,19,31H,3-5,8-9,16-18H2,2H3. The van der Waals surface area contributed by atoms with Gasteiger partial charge in [0, 0.05) is 18.4 Å². The summed E-state index contributed by atoms with van der Waals surface area (Å²) >= 11 is 0. The number of aliphatic hydroxyl groups is 1. The lowest BCUT2D eigenvalue weighted by Crippen LogP contribution is -2.33. The molecule has 0 aliphatic heterocycles. The topological polar surface area (TPSA) is 51.6 Å². The fourth-order valence-corrected chi connectivity index (χ4v) is 5.57. The van der Waals surface area contributed by atoms with Crippen LogP contribution >= 0.6 is 0 Å². The molecule has 0 bridgehead atoms. The molecule has 5 nitrogen and oxygen atoms in total. The van der Waals surface area contributed by atoms with E-state index in [1.54, 1.807) is 7.11 Å². The van der Waals surface area contributed by atoms with Gasteiger partial charge in [0.1, 0.15) is 11.4 Å². The first kappa shape index (κ1) is 20.8. The van der Waals surface area contributed by atoms with E-state index in [4.69, 9.17) is 16.4 Å². The van der Waals surface area contributed by atoms with Crippen LogP contribution in [0.4, 0.5) is 5.69 Å². The third-order valence-electron chi connectivity index (χ3n) is 7.05. The Balaban J connectivity index is 1.57. The first-order chi connectivity index (χ1) is 15.6. The van der Waals surface area contributed by atoms with E-state index in [0.717, 1.165) is 40.4 Å². The van der Waals surface area contributed by atoms with Crippen LogP contribution in [0.2, 0.25) is 0 Å². The molecule has 1 aromatic heterocycles. The monoisotopic (exact) mass is 427 g/mol. The van der Waals surface area contributed by atoms with Gasteiger partial charge < -0.3 is 9.84 Å². The number of nitrogens with zero attached hydrogens (tertiary/aromatic N) is 3. The average molecular weight is 428 g/mol. The van der Waals surface area contributed by atoms with E-state index >= 15 is 0 Å². The van der Waals surface area contributed by atoms with Crippen molar-refractivity contribution in [3.05, 3.63) is 71.2 Å². The predicted molar refractivity (Wildman–Crippen MR) is 125 cm³/mol. The number of methoxy groups -OCH3 is 1. The Morgan fingerprint density at radius 1 is 1.09 bits per heavy atom. The van der Waals surface area contributed by atoms with Gasteiger partial charge in [0.2, 0.25) is 0 Å². The van der Waals surface area contributed by atoms with Gasteiger partial charge in [-0.25, -0.2) is 9.53 Å². The lowest BCUT2D eigenvalue weighted by atomic mass is 9.80. The molecule has 1 unspecified atom stereocenters. The van der Waals surface area contributed by atoms with E-state index in [-0.39, 0.29) is 0 Å². The van der Waals surface area contributed by atoms with Gasteiger partial charge in [-0.2, -0.15) is 5.10 Å². The van der Waals surface area contributed by atoms with Crippen LogP contribution in [0.25, 0.3) is 21.8 Å². The summed E-state index contributed by atoms with van der Waals surface area (Å²) in [6.07, 6.45) is 8.41. The van der Waals surface area contributed by atoms with E-state index in [0.29, 0.717) is 24.4 Å². The second-order valence-corrected chi connectivity index (χ2v) is 9.30. The van der Waals surface area contributed by atoms with Crippen molar-refractivity contribution in [2.24, 2.45) is 5.92 Å². The number of benzene rings is 2. The number of aromatic nitrogens is 2. The summed E-state index contributed by atoms with van der Waals surface area (Å²) in [7, 11) is 1.67. The molecule has 164 valence electrons. The van der Waals surface area contributed by atoms with Crippen molar-refractivity contribution in [1.82, 2.24) is 9.78 Å². The minimum atomic E-state index is -0.718. The van der Waals surface area contributed by atoms with Gasteiger partial charge >= 0.3 is 0 Å². The first-order valence-electron chi connectivity index (χ1n) is 11.5. The van der Waals surface area contributed by atoms with Crippen LogP contribution in [0.15, 0.2) is 48.5 Å². The zero-order chi connectivity index (χ0) is 22.1. The zero-order valence-corrected chi connectivity index (χ0v) is 18.6. The number of rotatable bonds is 5. The molecule has 0 spiro atoms. The summed E-state index contributed by atoms with van der Waals surface area (Å²) in [6, 6.07) is 15.5. The number of hydrogen-bond acceptors (Lipinski definition) is 3. The predicted octanol–water partition coefficient (Wildman–Crippen LogP) is 5.90. The largest absolute Gasteiger partial charge is 0.494 e. The molecule has 1 N–H and O–H groups in total. The summed E-state index contributed by atoms with van der Waals surface area (Å²) < 4.78 is 7.57. The quantitative estimate of drug-likeness (QED) is 0.516. The van der Waals surface area contributed by atoms with Gasteiger partial charge in [-0.3, -0.25) is 0 Å². The van der Waals surface area contributed by atoms with Crippen molar-refractivity contribution in [3.63, 3.8) is 0 Å². The van der Waals surface area contributed by atoms with Gasteiger partial charge in [0.25, 0.3) is 0 Å². The molecule has 1 fully saturated rings. The fourth-order valence-electron chi connectivity index (χ4n) is 5.57. The minimum absolute atomic E-state index is 0.591. The van der Waals surface area contributed by atoms with Gasteiger partial charge in [0.15, 0.2) is 5.69 Å². The molecule has 1 heterocycles. The highest BCUT2D eigenvalue weighted by Crippen LogP contribution is 2.43. The summed E-state index contributed by atoms with van der Waals surface area (Å²) in [5, 5.41) is 16.5. The molecule has 1 saturated carbocycles. The third-order valence-corrected chi connectivity index (χ3v) is 7.05. The summed E-state index contributed by atoms with van der Waals surface area (Å²) in [5.41, 5.74) is 4.85. The van der Waals surface area contributed by atoms with Crippen molar-refractivity contribution in [3.8, 4) is 22.7 Å². The molecule has 32 heavy (non-hydrogen) atoms. The SMILES string of the molecule is [C-]#[N+]c1ccc(-c2c3c(nn2-c2ccccc2OC)CC(O)(CC2CCCCC2)C3)cc1. The van der Waals surface area contributed by atoms with E-state index in [2.05, 4.69) is 4.85 Å². The molecule has 1 atom stereocenters. The molecule has 2 aliphatic carbocycles. The molecule has 0 radical (unpaired) electrons. The van der Waals surface area contributed by atoms with Crippen LogP contribution in [-0.2, 0) is 12.8 Å². The number of hydrogen-bond donors (Lipinski definition) is 1. The van der Waals surface area contributed by atoms with Crippen LogP contribution < -0.4 is 4.74 Å². The van der Waals surface area contributed by atoms with Crippen molar-refractivity contribution in [2.45, 2.75) is 57.0 Å². The average Bonchev–Trinajstić information content (AvgIpc) is 3.32. The highest BCUT2D eigenvalue weighted by atomic mass is 16.5. The maximum absolute atomic E-state index is 11.6. The Bertz CT molecular complexity index is 1150. The van der Waals surface area contributed by atoms with E-state index in [1.807, 2.05) is 53.2 Å². The fraction of sp³-hybridized carbons (Fsp3) is 0.407. The van der Waals surface area contributed by atoms with Gasteiger partial charge in [0.05, 0.1) is 30.7 Å². The molecule has 2 aromatic carbocycles. The Kier molecular flexibility index (Phi) is 5.48. The summed E-state index contributed by atoms with van der Waals surface area (Å²) in [4.78, 5) is 3.53. The summed E-state index contributed by atoms with van der Waals surface area (Å²) in [6.45, 7) is 7.27. The molecular formula is C27H29N3O2. The van der Waals surface area contributed by atoms with E-state index in [9.17, 15) is 5.11 Å². The van der Waals surface area contributed by atoms with Gasteiger partial charge in [-0.05, 0) is 30.0 Å². The van der Waals surface area contributed by atoms with Crippen molar-refractivity contribution in [2.75, 3.05) is 7.11 Å². The van der Waals surface area contributed by atoms with Crippen LogP contribution in [0.1, 0.15) is 49.8 Å². The summed E-state index contributed by atoms with van der Waals surface area (Å²) in [5.74, 6) is 1.37. The Labute approximate surface area is 189 Å². The lowest BCUT2D eigenvalue weighted by molar-refractivity contribution is 0.0189.